The highest BCUT2D eigenvalue weighted by Gasteiger charge is 2.24. The molecule has 0 bridgehead atoms. The zero-order valence-corrected chi connectivity index (χ0v) is 18.2. The number of rotatable bonds is 6. The molecule has 0 aliphatic carbocycles. The molecule has 1 amide bonds. The maximum Gasteiger partial charge on any atom is 0.274 e. The number of benzene rings is 2. The summed E-state index contributed by atoms with van der Waals surface area (Å²) < 4.78 is 12.4. The van der Waals surface area contributed by atoms with E-state index in [2.05, 4.69) is 36.2 Å². The predicted molar refractivity (Wildman–Crippen MR) is 118 cm³/mol. The third kappa shape index (κ3) is 5.03. The van der Waals surface area contributed by atoms with Gasteiger partial charge in [-0.05, 0) is 37.3 Å². The Kier molecular flexibility index (Phi) is 6.25. The second kappa shape index (κ2) is 9.05. The number of likely N-dealkylation sites (tertiary alicyclic amines) is 1. The van der Waals surface area contributed by atoms with Crippen molar-refractivity contribution in [1.82, 2.24) is 9.88 Å². The zero-order valence-electron chi connectivity index (χ0n) is 16.6. The van der Waals surface area contributed by atoms with Gasteiger partial charge in [-0.25, -0.2) is 4.98 Å². The fraction of sp³-hybridized carbons (Fsp3) is 0.364. The first kappa shape index (κ1) is 20.0. The summed E-state index contributed by atoms with van der Waals surface area (Å²) in [6, 6.07) is 14.1. The van der Waals surface area contributed by atoms with Gasteiger partial charge in [0, 0.05) is 30.8 Å². The van der Waals surface area contributed by atoms with Crippen LogP contribution in [0.2, 0.25) is 0 Å². The number of thioether (sulfide) groups is 1. The van der Waals surface area contributed by atoms with E-state index >= 15 is 0 Å². The summed E-state index contributed by atoms with van der Waals surface area (Å²) in [5.41, 5.74) is 2.15. The van der Waals surface area contributed by atoms with E-state index in [0.29, 0.717) is 10.9 Å². The van der Waals surface area contributed by atoms with Crippen molar-refractivity contribution in [1.29, 1.82) is 0 Å². The summed E-state index contributed by atoms with van der Waals surface area (Å²) in [5, 5.41) is 0.688. The van der Waals surface area contributed by atoms with Gasteiger partial charge in [-0.3, -0.25) is 4.79 Å². The van der Waals surface area contributed by atoms with Gasteiger partial charge in [0.05, 0.1) is 23.1 Å². The molecule has 3 aromatic rings. The van der Waals surface area contributed by atoms with Crippen LogP contribution in [-0.2, 0) is 4.79 Å². The molecule has 1 fully saturated rings. The third-order valence-corrected chi connectivity index (χ3v) is 6.93. The molecule has 0 saturated carbocycles. The number of amides is 1. The molecule has 0 radical (unpaired) electrons. The summed E-state index contributed by atoms with van der Waals surface area (Å²) >= 11 is 3.14. The number of hydrogen-bond acceptors (Lipinski definition) is 6. The van der Waals surface area contributed by atoms with Crippen molar-refractivity contribution >= 4 is 39.2 Å². The van der Waals surface area contributed by atoms with E-state index in [0.717, 1.165) is 46.8 Å². The van der Waals surface area contributed by atoms with Gasteiger partial charge in [-0.2, -0.15) is 0 Å². The van der Waals surface area contributed by atoms with Gasteiger partial charge >= 0.3 is 0 Å². The lowest BCUT2D eigenvalue weighted by Crippen LogP contribution is -2.42. The number of carbonyl (C=O) groups excluding carboxylic acids is 1. The molecule has 152 valence electrons. The number of ether oxygens (including phenoxy) is 2. The largest absolute Gasteiger partial charge is 0.497 e. The van der Waals surface area contributed by atoms with E-state index in [1.54, 1.807) is 18.9 Å². The van der Waals surface area contributed by atoms with Crippen molar-refractivity contribution in [3.63, 3.8) is 0 Å². The number of piperidine rings is 1. The maximum atomic E-state index is 12.5. The highest BCUT2D eigenvalue weighted by Crippen LogP contribution is 2.32. The minimum atomic E-state index is 0.103. The van der Waals surface area contributed by atoms with Crippen molar-refractivity contribution in [3.8, 4) is 10.9 Å². The van der Waals surface area contributed by atoms with Gasteiger partial charge in [0.25, 0.3) is 5.19 Å². The van der Waals surface area contributed by atoms with Gasteiger partial charge in [0.2, 0.25) is 5.91 Å². The molecule has 1 aromatic heterocycles. The monoisotopic (exact) mass is 428 g/mol. The van der Waals surface area contributed by atoms with E-state index in [-0.39, 0.29) is 12.0 Å². The normalized spacial score (nSPS) is 14.9. The molecule has 2 aromatic carbocycles. The van der Waals surface area contributed by atoms with Crippen molar-refractivity contribution in [2.75, 3.05) is 26.0 Å². The molecule has 0 spiro atoms. The van der Waals surface area contributed by atoms with Crippen LogP contribution < -0.4 is 9.47 Å². The molecule has 0 N–H and O–H groups in total. The Labute approximate surface area is 179 Å². The van der Waals surface area contributed by atoms with Crippen molar-refractivity contribution < 1.29 is 14.3 Å². The predicted octanol–water partition coefficient (Wildman–Crippen LogP) is 4.78. The van der Waals surface area contributed by atoms with E-state index in [9.17, 15) is 4.79 Å². The van der Waals surface area contributed by atoms with Crippen LogP contribution >= 0.6 is 23.1 Å². The molecule has 0 atom stereocenters. The standard InChI is InChI=1S/C22H24N2O3S2/c1-15-3-6-18(7-4-15)28-14-21(25)24-11-9-16(10-12-24)27-22-23-19-8-5-17(26-2)13-20(19)29-22/h3-8,13,16H,9-12,14H2,1-2H3. The zero-order chi connectivity index (χ0) is 20.2. The van der Waals surface area contributed by atoms with Crippen LogP contribution in [0.15, 0.2) is 47.4 Å². The lowest BCUT2D eigenvalue weighted by molar-refractivity contribution is -0.130. The summed E-state index contributed by atoms with van der Waals surface area (Å²) in [6.07, 6.45) is 1.77. The quantitative estimate of drug-likeness (QED) is 0.529. The Bertz CT molecular complexity index is 979. The van der Waals surface area contributed by atoms with Crippen LogP contribution in [-0.4, -0.2) is 47.8 Å². The van der Waals surface area contributed by atoms with Gasteiger partial charge in [-0.1, -0.05) is 29.0 Å². The first-order valence-corrected chi connectivity index (χ1v) is 11.5. The third-order valence-electron chi connectivity index (χ3n) is 5.02. The fourth-order valence-electron chi connectivity index (χ4n) is 3.30. The molecule has 1 aliphatic rings. The maximum absolute atomic E-state index is 12.5. The van der Waals surface area contributed by atoms with E-state index in [4.69, 9.17) is 9.47 Å². The van der Waals surface area contributed by atoms with Crippen LogP contribution in [0.5, 0.6) is 10.9 Å². The molecule has 1 saturated heterocycles. The number of fused-ring (bicyclic) bond motifs is 1. The van der Waals surface area contributed by atoms with Gasteiger partial charge in [0.15, 0.2) is 0 Å². The number of methoxy groups -OCH3 is 1. The summed E-state index contributed by atoms with van der Waals surface area (Å²) in [6.45, 7) is 3.53. The van der Waals surface area contributed by atoms with Crippen molar-refractivity contribution in [2.45, 2.75) is 30.8 Å². The Morgan fingerprint density at radius 1 is 1.21 bits per heavy atom. The molecule has 4 rings (SSSR count). The topological polar surface area (TPSA) is 51.7 Å². The van der Waals surface area contributed by atoms with Gasteiger partial charge in [-0.15, -0.1) is 11.8 Å². The summed E-state index contributed by atoms with van der Waals surface area (Å²) in [4.78, 5) is 20.2. The second-order valence-corrected chi connectivity index (χ2v) is 9.16. The Morgan fingerprint density at radius 2 is 1.97 bits per heavy atom. The average Bonchev–Trinajstić information content (AvgIpc) is 3.15. The molecule has 0 unspecified atom stereocenters. The lowest BCUT2D eigenvalue weighted by atomic mass is 10.1. The minimum Gasteiger partial charge on any atom is -0.497 e. The number of aromatic nitrogens is 1. The summed E-state index contributed by atoms with van der Waals surface area (Å²) in [5.74, 6) is 1.50. The van der Waals surface area contributed by atoms with Crippen LogP contribution in [0.3, 0.4) is 0 Å². The molecule has 2 heterocycles. The first-order chi connectivity index (χ1) is 14.1. The van der Waals surface area contributed by atoms with Crippen molar-refractivity contribution in [3.05, 3.63) is 48.0 Å². The lowest BCUT2D eigenvalue weighted by Gasteiger charge is -2.31. The number of nitrogens with zero attached hydrogens (tertiary/aromatic N) is 2. The van der Waals surface area contributed by atoms with E-state index in [1.165, 1.54) is 16.9 Å². The number of hydrogen-bond donors (Lipinski definition) is 0. The number of carbonyl (C=O) groups is 1. The van der Waals surface area contributed by atoms with E-state index < -0.39 is 0 Å². The second-order valence-electron chi connectivity index (χ2n) is 7.11. The molecular weight excluding hydrogens is 404 g/mol. The smallest absolute Gasteiger partial charge is 0.274 e. The molecule has 5 nitrogen and oxygen atoms in total. The van der Waals surface area contributed by atoms with Crippen LogP contribution in [0, 0.1) is 6.92 Å². The van der Waals surface area contributed by atoms with Crippen LogP contribution in [0.1, 0.15) is 18.4 Å². The highest BCUT2D eigenvalue weighted by atomic mass is 32.2. The van der Waals surface area contributed by atoms with Gasteiger partial charge in [0.1, 0.15) is 11.9 Å². The molecular formula is C22H24N2O3S2. The number of thiazole rings is 1. The fourth-order valence-corrected chi connectivity index (χ4v) is 5.01. The van der Waals surface area contributed by atoms with Crippen molar-refractivity contribution in [2.24, 2.45) is 0 Å². The molecule has 29 heavy (non-hydrogen) atoms. The van der Waals surface area contributed by atoms with Crippen LogP contribution in [0.25, 0.3) is 10.2 Å². The molecule has 1 aliphatic heterocycles. The number of aryl methyl sites for hydroxylation is 1. The Morgan fingerprint density at radius 3 is 2.69 bits per heavy atom. The summed E-state index contributed by atoms with van der Waals surface area (Å²) in [7, 11) is 1.66. The van der Waals surface area contributed by atoms with Gasteiger partial charge < -0.3 is 14.4 Å². The average molecular weight is 429 g/mol. The van der Waals surface area contributed by atoms with E-state index in [1.807, 2.05) is 23.1 Å². The Hall–Kier alpha value is -2.25. The Balaban J connectivity index is 1.26. The molecule has 7 heteroatoms. The first-order valence-electron chi connectivity index (χ1n) is 9.69. The SMILES string of the molecule is COc1ccc2nc(OC3CCN(C(=O)CSc4ccc(C)cc4)CC3)sc2c1. The van der Waals surface area contributed by atoms with Crippen LogP contribution in [0.4, 0.5) is 0 Å². The minimum absolute atomic E-state index is 0.103. The highest BCUT2D eigenvalue weighted by molar-refractivity contribution is 8.00.